The van der Waals surface area contributed by atoms with Gasteiger partial charge in [-0.3, -0.25) is 9.78 Å². The Balaban J connectivity index is 2.23. The molecule has 15 heavy (non-hydrogen) atoms. The van der Waals surface area contributed by atoms with Crippen LogP contribution in [0.3, 0.4) is 0 Å². The number of aromatic amines is 1. The van der Waals surface area contributed by atoms with Crippen LogP contribution < -0.4 is 0 Å². The number of aryl methyl sites for hydroxylation is 2. The molecule has 0 saturated carbocycles. The molecule has 1 N–H and O–H groups in total. The van der Waals surface area contributed by atoms with Crippen molar-refractivity contribution in [3.8, 4) is 0 Å². The fourth-order valence-electron chi connectivity index (χ4n) is 1.55. The second kappa shape index (κ2) is 4.06. The number of nitrogens with one attached hydrogen (secondary N) is 1. The molecule has 0 bridgehead atoms. The van der Waals surface area contributed by atoms with Gasteiger partial charge in [-0.1, -0.05) is 0 Å². The molecule has 0 aliphatic heterocycles. The number of halogens is 1. The summed E-state index contributed by atoms with van der Waals surface area (Å²) in [7, 11) is 0. The normalized spacial score (nSPS) is 10.9. The Labute approximate surface area is 93.3 Å². The predicted octanol–water partition coefficient (Wildman–Crippen LogP) is 2.01. The topological polar surface area (TPSA) is 46.5 Å². The van der Waals surface area contributed by atoms with E-state index in [4.69, 9.17) is 11.6 Å². The van der Waals surface area contributed by atoms with Gasteiger partial charge in [-0.25, -0.2) is 0 Å². The maximum Gasteiger partial charge on any atom is 0.0853 e. The highest BCUT2D eigenvalue weighted by Crippen LogP contribution is 2.09. The molecule has 0 spiro atoms. The van der Waals surface area contributed by atoms with Gasteiger partial charge in [0.15, 0.2) is 0 Å². The van der Waals surface area contributed by atoms with Crippen LogP contribution in [0, 0.1) is 13.8 Å². The zero-order valence-electron chi connectivity index (χ0n) is 8.79. The largest absolute Gasteiger partial charge is 0.283 e. The summed E-state index contributed by atoms with van der Waals surface area (Å²) in [6, 6.07) is 4.00. The van der Waals surface area contributed by atoms with Crippen molar-refractivity contribution in [1.82, 2.24) is 20.0 Å². The lowest BCUT2D eigenvalue weighted by atomic mass is 10.3. The van der Waals surface area contributed by atoms with Crippen LogP contribution in [0.4, 0.5) is 0 Å². The summed E-state index contributed by atoms with van der Waals surface area (Å²) in [5.74, 6) is 0.476. The Kier molecular flexibility index (Phi) is 2.77. The molecule has 0 aromatic carbocycles. The molecule has 2 aromatic rings. The molecule has 0 radical (unpaired) electrons. The number of rotatable bonds is 3. The van der Waals surface area contributed by atoms with E-state index in [0.717, 1.165) is 22.8 Å². The lowest BCUT2D eigenvalue weighted by Crippen LogP contribution is -2.05. The summed E-state index contributed by atoms with van der Waals surface area (Å²) in [5, 5.41) is 11.4. The first-order valence-electron chi connectivity index (χ1n) is 4.79. The highest BCUT2D eigenvalue weighted by atomic mass is 35.5. The third-order valence-corrected chi connectivity index (χ3v) is 2.47. The minimum atomic E-state index is 0.476. The molecule has 0 unspecified atom stereocenters. The third kappa shape index (κ3) is 2.21. The molecule has 2 heterocycles. The number of aromatic nitrogens is 4. The van der Waals surface area contributed by atoms with E-state index >= 15 is 0 Å². The minimum Gasteiger partial charge on any atom is -0.283 e. The zero-order valence-corrected chi connectivity index (χ0v) is 9.54. The first kappa shape index (κ1) is 10.2. The van der Waals surface area contributed by atoms with Crippen molar-refractivity contribution >= 4 is 11.6 Å². The molecule has 0 amide bonds. The highest BCUT2D eigenvalue weighted by molar-refractivity contribution is 6.16. The Bertz CT molecular complexity index is 458. The smallest absolute Gasteiger partial charge is 0.0853 e. The second-order valence-electron chi connectivity index (χ2n) is 3.61. The molecule has 0 saturated heterocycles. The molecule has 80 valence electrons. The molecular weight excluding hydrogens is 212 g/mol. The van der Waals surface area contributed by atoms with Crippen LogP contribution in [0.5, 0.6) is 0 Å². The van der Waals surface area contributed by atoms with Crippen LogP contribution in [-0.4, -0.2) is 20.0 Å². The van der Waals surface area contributed by atoms with E-state index in [-0.39, 0.29) is 0 Å². The maximum absolute atomic E-state index is 5.83. The molecule has 0 fully saturated rings. The fourth-order valence-corrected chi connectivity index (χ4v) is 1.77. The Hall–Kier alpha value is -1.29. The average Bonchev–Trinajstić information content (AvgIpc) is 2.73. The highest BCUT2D eigenvalue weighted by Gasteiger charge is 2.06. The van der Waals surface area contributed by atoms with Crippen molar-refractivity contribution in [2.75, 3.05) is 0 Å². The Morgan fingerprint density at radius 2 is 2.20 bits per heavy atom. The van der Waals surface area contributed by atoms with Crippen molar-refractivity contribution in [2.24, 2.45) is 0 Å². The zero-order chi connectivity index (χ0) is 10.8. The van der Waals surface area contributed by atoms with Crippen LogP contribution in [-0.2, 0) is 12.4 Å². The van der Waals surface area contributed by atoms with Gasteiger partial charge in [0.05, 0.1) is 29.5 Å². The first-order valence-corrected chi connectivity index (χ1v) is 5.32. The predicted molar refractivity (Wildman–Crippen MR) is 58.9 cm³/mol. The summed E-state index contributed by atoms with van der Waals surface area (Å²) >= 11 is 5.83. The number of nitrogens with zero attached hydrogens (tertiary/aromatic N) is 3. The van der Waals surface area contributed by atoms with Gasteiger partial charge < -0.3 is 0 Å². The van der Waals surface area contributed by atoms with Gasteiger partial charge in [-0.15, -0.1) is 11.6 Å². The van der Waals surface area contributed by atoms with Gasteiger partial charge in [-0.2, -0.15) is 10.2 Å². The standard InChI is InChI=1S/C10H13ClN4/c1-7-3-9(13-12-7)6-15-10(5-11)4-8(2)14-15/h3-4H,5-6H2,1-2H3,(H,12,13). The van der Waals surface area contributed by atoms with Crippen LogP contribution >= 0.6 is 11.6 Å². The SMILES string of the molecule is Cc1cc(CCl)n(Cc2cc(C)[nH]n2)n1. The van der Waals surface area contributed by atoms with E-state index in [1.807, 2.05) is 30.7 Å². The van der Waals surface area contributed by atoms with Crippen molar-refractivity contribution in [3.05, 3.63) is 34.9 Å². The molecule has 4 nitrogen and oxygen atoms in total. The van der Waals surface area contributed by atoms with E-state index in [1.165, 1.54) is 0 Å². The van der Waals surface area contributed by atoms with E-state index in [2.05, 4.69) is 15.3 Å². The van der Waals surface area contributed by atoms with Gasteiger partial charge in [-0.05, 0) is 26.0 Å². The third-order valence-electron chi connectivity index (χ3n) is 2.19. The van der Waals surface area contributed by atoms with Crippen molar-refractivity contribution in [3.63, 3.8) is 0 Å². The Morgan fingerprint density at radius 1 is 1.40 bits per heavy atom. The molecule has 2 aromatic heterocycles. The van der Waals surface area contributed by atoms with Crippen molar-refractivity contribution in [1.29, 1.82) is 0 Å². The van der Waals surface area contributed by atoms with Gasteiger partial charge in [0.1, 0.15) is 0 Å². The van der Waals surface area contributed by atoms with E-state index in [0.29, 0.717) is 12.4 Å². The van der Waals surface area contributed by atoms with E-state index < -0.39 is 0 Å². The maximum atomic E-state index is 5.83. The molecular formula is C10H13ClN4. The minimum absolute atomic E-state index is 0.476. The summed E-state index contributed by atoms with van der Waals surface area (Å²) in [4.78, 5) is 0. The van der Waals surface area contributed by atoms with Crippen LogP contribution in [0.25, 0.3) is 0 Å². The van der Waals surface area contributed by atoms with Crippen molar-refractivity contribution < 1.29 is 0 Å². The monoisotopic (exact) mass is 224 g/mol. The lowest BCUT2D eigenvalue weighted by molar-refractivity contribution is 0.642. The van der Waals surface area contributed by atoms with Gasteiger partial charge in [0, 0.05) is 5.69 Å². The van der Waals surface area contributed by atoms with Crippen molar-refractivity contribution in [2.45, 2.75) is 26.3 Å². The molecule has 0 aliphatic carbocycles. The summed E-state index contributed by atoms with van der Waals surface area (Å²) in [6.07, 6.45) is 0. The van der Waals surface area contributed by atoms with E-state index in [1.54, 1.807) is 0 Å². The summed E-state index contributed by atoms with van der Waals surface area (Å²) in [5.41, 5.74) is 4.04. The lowest BCUT2D eigenvalue weighted by Gasteiger charge is -2.01. The number of H-pyrrole nitrogens is 1. The quantitative estimate of drug-likeness (QED) is 0.811. The van der Waals surface area contributed by atoms with Gasteiger partial charge in [0.2, 0.25) is 0 Å². The van der Waals surface area contributed by atoms with Gasteiger partial charge in [0.25, 0.3) is 0 Å². The number of hydrogen-bond donors (Lipinski definition) is 1. The van der Waals surface area contributed by atoms with Gasteiger partial charge >= 0.3 is 0 Å². The van der Waals surface area contributed by atoms with Crippen LogP contribution in [0.15, 0.2) is 12.1 Å². The van der Waals surface area contributed by atoms with E-state index in [9.17, 15) is 0 Å². The molecule has 0 atom stereocenters. The fraction of sp³-hybridized carbons (Fsp3) is 0.400. The number of hydrogen-bond acceptors (Lipinski definition) is 2. The second-order valence-corrected chi connectivity index (χ2v) is 3.88. The molecule has 5 heteroatoms. The number of alkyl halides is 1. The average molecular weight is 225 g/mol. The molecule has 2 rings (SSSR count). The Morgan fingerprint density at radius 3 is 2.80 bits per heavy atom. The molecule has 0 aliphatic rings. The summed E-state index contributed by atoms with van der Waals surface area (Å²) < 4.78 is 1.89. The first-order chi connectivity index (χ1) is 7.19. The summed E-state index contributed by atoms with van der Waals surface area (Å²) in [6.45, 7) is 4.61. The van der Waals surface area contributed by atoms with Crippen LogP contribution in [0.2, 0.25) is 0 Å². The van der Waals surface area contributed by atoms with Crippen LogP contribution in [0.1, 0.15) is 22.8 Å².